The van der Waals surface area contributed by atoms with Crippen LogP contribution in [0.1, 0.15) is 19.8 Å². The molecule has 1 amide bonds. The van der Waals surface area contributed by atoms with Crippen LogP contribution in [0.25, 0.3) is 5.82 Å². The fourth-order valence-electron chi connectivity index (χ4n) is 1.60. The second kappa shape index (κ2) is 6.05. The summed E-state index contributed by atoms with van der Waals surface area (Å²) in [5, 5.41) is 6.69. The molecule has 0 aliphatic carbocycles. The lowest BCUT2D eigenvalue weighted by molar-refractivity contribution is -0.117. The largest absolute Gasteiger partial charge is 0.323 e. The van der Waals surface area contributed by atoms with Gasteiger partial charge in [-0.15, -0.1) is 0 Å². The van der Waals surface area contributed by atoms with Gasteiger partial charge >= 0.3 is 0 Å². The minimum Gasteiger partial charge on any atom is -0.323 e. The first-order valence-corrected chi connectivity index (χ1v) is 6.08. The van der Waals surface area contributed by atoms with E-state index in [0.717, 1.165) is 6.42 Å². The van der Waals surface area contributed by atoms with Gasteiger partial charge in [-0.3, -0.25) is 4.79 Å². The number of amides is 1. The monoisotopic (exact) mass is 260 g/mol. The summed E-state index contributed by atoms with van der Waals surface area (Å²) in [5.41, 5.74) is 6.34. The number of nitrogens with two attached hydrogens (primary N) is 1. The zero-order valence-corrected chi connectivity index (χ0v) is 10.7. The highest BCUT2D eigenvalue weighted by atomic mass is 16.2. The van der Waals surface area contributed by atoms with Crippen LogP contribution in [-0.2, 0) is 4.79 Å². The summed E-state index contributed by atoms with van der Waals surface area (Å²) < 4.78 is 1.54. The van der Waals surface area contributed by atoms with Gasteiger partial charge in [-0.2, -0.15) is 5.10 Å². The number of anilines is 1. The minimum atomic E-state index is -0.486. The molecule has 1 atom stereocenters. The van der Waals surface area contributed by atoms with Gasteiger partial charge in [-0.1, -0.05) is 13.3 Å². The molecule has 0 unspecified atom stereocenters. The van der Waals surface area contributed by atoms with Crippen LogP contribution < -0.4 is 11.1 Å². The van der Waals surface area contributed by atoms with Gasteiger partial charge in [0, 0.05) is 0 Å². The molecule has 0 aliphatic heterocycles. The summed E-state index contributed by atoms with van der Waals surface area (Å²) in [4.78, 5) is 19.7. The van der Waals surface area contributed by atoms with Crippen LogP contribution in [-0.4, -0.2) is 31.7 Å². The summed E-state index contributed by atoms with van der Waals surface area (Å²) in [6, 6.07) is 3.01. The van der Waals surface area contributed by atoms with Crippen molar-refractivity contribution in [3.8, 4) is 5.82 Å². The van der Waals surface area contributed by atoms with E-state index in [2.05, 4.69) is 20.4 Å². The Morgan fingerprint density at radius 2 is 2.37 bits per heavy atom. The highest BCUT2D eigenvalue weighted by molar-refractivity contribution is 5.94. The zero-order chi connectivity index (χ0) is 13.7. The molecule has 0 aromatic carbocycles. The smallest absolute Gasteiger partial charge is 0.241 e. The van der Waals surface area contributed by atoms with E-state index in [-0.39, 0.29) is 5.91 Å². The van der Waals surface area contributed by atoms with Crippen LogP contribution in [0.2, 0.25) is 0 Å². The number of pyridine rings is 1. The Morgan fingerprint density at radius 1 is 1.53 bits per heavy atom. The van der Waals surface area contributed by atoms with Gasteiger partial charge in [0.1, 0.15) is 12.7 Å². The van der Waals surface area contributed by atoms with E-state index < -0.39 is 6.04 Å². The molecular formula is C12H16N6O. The predicted octanol–water partition coefficient (Wildman–Crippen LogP) is 0.728. The average Bonchev–Trinajstić information content (AvgIpc) is 2.94. The Kier molecular flexibility index (Phi) is 4.19. The molecule has 2 aromatic heterocycles. The van der Waals surface area contributed by atoms with Crippen molar-refractivity contribution < 1.29 is 4.79 Å². The van der Waals surface area contributed by atoms with Gasteiger partial charge in [-0.05, 0) is 18.6 Å². The van der Waals surface area contributed by atoms with Crippen LogP contribution in [0.3, 0.4) is 0 Å². The number of rotatable bonds is 5. The molecule has 100 valence electrons. The van der Waals surface area contributed by atoms with Crippen molar-refractivity contribution in [2.45, 2.75) is 25.8 Å². The molecule has 7 nitrogen and oxygen atoms in total. The summed E-state index contributed by atoms with van der Waals surface area (Å²) in [6.07, 6.45) is 6.08. The van der Waals surface area contributed by atoms with E-state index in [0.29, 0.717) is 17.9 Å². The molecule has 0 spiro atoms. The van der Waals surface area contributed by atoms with Crippen LogP contribution in [0.4, 0.5) is 5.69 Å². The molecule has 7 heteroatoms. The van der Waals surface area contributed by atoms with E-state index in [9.17, 15) is 4.79 Å². The molecule has 0 aliphatic rings. The SMILES string of the molecule is CCC[C@@H](N)C(=O)Nc1ccc(-n2cncn2)nc1. The average molecular weight is 260 g/mol. The lowest BCUT2D eigenvalue weighted by Crippen LogP contribution is -2.35. The van der Waals surface area contributed by atoms with E-state index in [1.165, 1.54) is 11.0 Å². The van der Waals surface area contributed by atoms with E-state index in [4.69, 9.17) is 5.73 Å². The first-order chi connectivity index (χ1) is 9.20. The van der Waals surface area contributed by atoms with Crippen LogP contribution >= 0.6 is 0 Å². The molecule has 0 radical (unpaired) electrons. The third-order valence-electron chi connectivity index (χ3n) is 2.61. The second-order valence-corrected chi connectivity index (χ2v) is 4.13. The van der Waals surface area contributed by atoms with Crippen molar-refractivity contribution in [1.82, 2.24) is 19.7 Å². The molecule has 2 heterocycles. The molecule has 0 fully saturated rings. The highest BCUT2D eigenvalue weighted by Gasteiger charge is 2.12. The van der Waals surface area contributed by atoms with E-state index in [1.807, 2.05) is 6.92 Å². The molecule has 0 saturated heterocycles. The van der Waals surface area contributed by atoms with Crippen molar-refractivity contribution in [2.75, 3.05) is 5.32 Å². The van der Waals surface area contributed by atoms with Gasteiger partial charge in [0.05, 0.1) is 17.9 Å². The normalized spacial score (nSPS) is 12.1. The summed E-state index contributed by atoms with van der Waals surface area (Å²) in [5.74, 6) is 0.436. The van der Waals surface area contributed by atoms with Crippen LogP contribution in [0, 0.1) is 0 Å². The molecular weight excluding hydrogens is 244 g/mol. The van der Waals surface area contributed by atoms with E-state index in [1.54, 1.807) is 24.7 Å². The number of hydrogen-bond acceptors (Lipinski definition) is 5. The lowest BCUT2D eigenvalue weighted by Gasteiger charge is -2.11. The number of nitrogens with one attached hydrogen (secondary N) is 1. The Hall–Kier alpha value is -2.28. The number of hydrogen-bond donors (Lipinski definition) is 2. The maximum Gasteiger partial charge on any atom is 0.241 e. The third-order valence-corrected chi connectivity index (χ3v) is 2.61. The number of aromatic nitrogens is 4. The quantitative estimate of drug-likeness (QED) is 0.825. The van der Waals surface area contributed by atoms with Crippen LogP contribution in [0.5, 0.6) is 0 Å². The lowest BCUT2D eigenvalue weighted by atomic mass is 10.1. The van der Waals surface area contributed by atoms with Crippen molar-refractivity contribution in [3.05, 3.63) is 31.0 Å². The maximum atomic E-state index is 11.7. The van der Waals surface area contributed by atoms with E-state index >= 15 is 0 Å². The van der Waals surface area contributed by atoms with Crippen molar-refractivity contribution >= 4 is 11.6 Å². The Morgan fingerprint density at radius 3 is 2.95 bits per heavy atom. The summed E-state index contributed by atoms with van der Waals surface area (Å²) in [6.45, 7) is 1.99. The Labute approximate surface area is 110 Å². The minimum absolute atomic E-state index is 0.197. The van der Waals surface area contributed by atoms with Crippen molar-refractivity contribution in [3.63, 3.8) is 0 Å². The molecule has 0 bridgehead atoms. The fraction of sp³-hybridized carbons (Fsp3) is 0.333. The summed E-state index contributed by atoms with van der Waals surface area (Å²) in [7, 11) is 0. The third kappa shape index (κ3) is 3.35. The fourth-order valence-corrected chi connectivity index (χ4v) is 1.60. The summed E-state index contributed by atoms with van der Waals surface area (Å²) >= 11 is 0. The molecule has 19 heavy (non-hydrogen) atoms. The molecule has 0 saturated carbocycles. The standard InChI is InChI=1S/C12H16N6O/c1-2-3-10(13)12(19)17-9-4-5-11(15-6-9)18-8-14-7-16-18/h4-8,10H,2-3,13H2,1H3,(H,17,19)/t10-/m1/s1. The molecule has 2 rings (SSSR count). The molecule has 2 aromatic rings. The van der Waals surface area contributed by atoms with Gasteiger partial charge in [0.2, 0.25) is 5.91 Å². The number of carbonyl (C=O) groups excluding carboxylic acids is 1. The first-order valence-electron chi connectivity index (χ1n) is 6.08. The topological polar surface area (TPSA) is 98.7 Å². The Bertz CT molecular complexity index is 522. The molecule has 3 N–H and O–H groups in total. The number of carbonyl (C=O) groups is 1. The van der Waals surface area contributed by atoms with Crippen LogP contribution in [0.15, 0.2) is 31.0 Å². The maximum absolute atomic E-state index is 11.7. The Balaban J connectivity index is 2.01. The van der Waals surface area contributed by atoms with Gasteiger partial charge in [0.25, 0.3) is 0 Å². The zero-order valence-electron chi connectivity index (χ0n) is 10.7. The van der Waals surface area contributed by atoms with Gasteiger partial charge in [0.15, 0.2) is 5.82 Å². The van der Waals surface area contributed by atoms with Crippen molar-refractivity contribution in [1.29, 1.82) is 0 Å². The van der Waals surface area contributed by atoms with Gasteiger partial charge < -0.3 is 11.1 Å². The second-order valence-electron chi connectivity index (χ2n) is 4.13. The highest BCUT2D eigenvalue weighted by Crippen LogP contribution is 2.09. The number of nitrogens with zero attached hydrogens (tertiary/aromatic N) is 4. The first kappa shape index (κ1) is 13.2. The predicted molar refractivity (Wildman–Crippen MR) is 70.7 cm³/mol. The van der Waals surface area contributed by atoms with Crippen molar-refractivity contribution in [2.24, 2.45) is 5.73 Å². The van der Waals surface area contributed by atoms with Gasteiger partial charge in [-0.25, -0.2) is 14.6 Å².